The van der Waals surface area contributed by atoms with E-state index in [0.717, 1.165) is 23.4 Å². The van der Waals surface area contributed by atoms with Crippen LogP contribution in [0.15, 0.2) is 54.7 Å². The number of nitrogens with zero attached hydrogens (tertiary/aromatic N) is 2. The van der Waals surface area contributed by atoms with Gasteiger partial charge in [0.05, 0.1) is 17.9 Å². The van der Waals surface area contributed by atoms with Crippen molar-refractivity contribution in [2.45, 2.75) is 26.3 Å². The summed E-state index contributed by atoms with van der Waals surface area (Å²) in [7, 11) is 0. The van der Waals surface area contributed by atoms with E-state index in [4.69, 9.17) is 0 Å². The Morgan fingerprint density at radius 2 is 1.72 bits per heavy atom. The Morgan fingerprint density at radius 3 is 2.31 bits per heavy atom. The molecule has 1 unspecified atom stereocenters. The van der Waals surface area contributed by atoms with Crippen LogP contribution in [-0.4, -0.2) is 22.1 Å². The zero-order chi connectivity index (χ0) is 21.2. The molecule has 0 aliphatic carbocycles. The van der Waals surface area contributed by atoms with E-state index in [1.54, 1.807) is 29.9 Å². The molecule has 0 radical (unpaired) electrons. The normalized spacial score (nSPS) is 12.5. The molecule has 0 aliphatic heterocycles. The van der Waals surface area contributed by atoms with Gasteiger partial charge in [-0.1, -0.05) is 0 Å². The SMILES string of the molecule is Cc1c(C(C)NC(=O)c2ccc(OC(F)(F)F)cc2)cnn1-c1ccc(F)cc1. The Hall–Kier alpha value is -3.36. The van der Waals surface area contributed by atoms with E-state index in [0.29, 0.717) is 5.69 Å². The second-order valence-electron chi connectivity index (χ2n) is 6.34. The lowest BCUT2D eigenvalue weighted by Gasteiger charge is -2.15. The van der Waals surface area contributed by atoms with Crippen molar-refractivity contribution in [3.8, 4) is 11.4 Å². The highest BCUT2D eigenvalue weighted by atomic mass is 19.4. The molecule has 0 aliphatic rings. The minimum Gasteiger partial charge on any atom is -0.406 e. The summed E-state index contributed by atoms with van der Waals surface area (Å²) in [5.41, 5.74) is 2.38. The predicted molar refractivity (Wildman–Crippen MR) is 97.3 cm³/mol. The number of hydrogen-bond acceptors (Lipinski definition) is 3. The van der Waals surface area contributed by atoms with Gasteiger partial charge in [-0.15, -0.1) is 13.2 Å². The minimum atomic E-state index is -4.79. The summed E-state index contributed by atoms with van der Waals surface area (Å²) in [5.74, 6) is -1.21. The molecule has 29 heavy (non-hydrogen) atoms. The van der Waals surface area contributed by atoms with Crippen molar-refractivity contribution in [1.82, 2.24) is 15.1 Å². The first kappa shape index (κ1) is 20.4. The van der Waals surface area contributed by atoms with Crippen molar-refractivity contribution >= 4 is 5.91 Å². The van der Waals surface area contributed by atoms with Gasteiger partial charge in [-0.25, -0.2) is 9.07 Å². The van der Waals surface area contributed by atoms with Crippen molar-refractivity contribution < 1.29 is 27.1 Å². The summed E-state index contributed by atoms with van der Waals surface area (Å²) in [4.78, 5) is 12.4. The van der Waals surface area contributed by atoms with Crippen LogP contribution in [-0.2, 0) is 0 Å². The first-order chi connectivity index (χ1) is 13.6. The van der Waals surface area contributed by atoms with E-state index in [2.05, 4.69) is 15.2 Å². The van der Waals surface area contributed by atoms with Gasteiger partial charge in [0, 0.05) is 16.8 Å². The Labute approximate surface area is 163 Å². The second kappa shape index (κ2) is 7.94. The summed E-state index contributed by atoms with van der Waals surface area (Å²) < 4.78 is 55.2. The molecule has 0 bridgehead atoms. The fourth-order valence-corrected chi connectivity index (χ4v) is 2.86. The number of halogens is 4. The molecule has 0 spiro atoms. The van der Waals surface area contributed by atoms with Crippen molar-refractivity contribution in [2.24, 2.45) is 0 Å². The van der Waals surface area contributed by atoms with E-state index in [9.17, 15) is 22.4 Å². The Morgan fingerprint density at radius 1 is 1.10 bits per heavy atom. The number of nitrogens with one attached hydrogen (secondary N) is 1. The Kier molecular flexibility index (Phi) is 5.58. The number of aromatic nitrogens is 2. The third-order valence-corrected chi connectivity index (χ3v) is 4.28. The van der Waals surface area contributed by atoms with Crippen molar-refractivity contribution in [3.63, 3.8) is 0 Å². The van der Waals surface area contributed by atoms with Gasteiger partial charge >= 0.3 is 6.36 Å². The summed E-state index contributed by atoms with van der Waals surface area (Å²) in [6.07, 6.45) is -3.19. The van der Waals surface area contributed by atoms with Crippen molar-refractivity contribution in [2.75, 3.05) is 0 Å². The molecule has 1 heterocycles. The smallest absolute Gasteiger partial charge is 0.406 e. The average Bonchev–Trinajstić information content (AvgIpc) is 3.03. The van der Waals surface area contributed by atoms with Crippen molar-refractivity contribution in [3.05, 3.63) is 77.4 Å². The molecular formula is C20H17F4N3O2. The Bertz CT molecular complexity index is 996. The molecule has 2 aromatic carbocycles. The topological polar surface area (TPSA) is 56.1 Å². The molecule has 1 atom stereocenters. The number of rotatable bonds is 5. The lowest BCUT2D eigenvalue weighted by atomic mass is 10.1. The first-order valence-corrected chi connectivity index (χ1v) is 8.61. The predicted octanol–water partition coefficient (Wildman–Crippen LogP) is 4.71. The lowest BCUT2D eigenvalue weighted by Crippen LogP contribution is -2.27. The molecule has 3 aromatic rings. The number of hydrogen-bond donors (Lipinski definition) is 1. The van der Waals surface area contributed by atoms with E-state index in [-0.39, 0.29) is 11.4 Å². The largest absolute Gasteiger partial charge is 0.573 e. The third-order valence-electron chi connectivity index (χ3n) is 4.28. The van der Waals surface area contributed by atoms with Gasteiger partial charge in [-0.2, -0.15) is 5.10 Å². The summed E-state index contributed by atoms with van der Waals surface area (Å²) in [5, 5.41) is 7.06. The highest BCUT2D eigenvalue weighted by Crippen LogP contribution is 2.24. The molecular weight excluding hydrogens is 390 g/mol. The van der Waals surface area contributed by atoms with Crippen LogP contribution in [0.2, 0.25) is 0 Å². The molecule has 5 nitrogen and oxygen atoms in total. The number of amides is 1. The highest BCUT2D eigenvalue weighted by molar-refractivity contribution is 5.94. The number of alkyl halides is 3. The minimum absolute atomic E-state index is 0.190. The van der Waals surface area contributed by atoms with Gasteiger partial charge in [0.15, 0.2) is 0 Å². The summed E-state index contributed by atoms with van der Waals surface area (Å²) >= 11 is 0. The fraction of sp³-hybridized carbons (Fsp3) is 0.200. The third kappa shape index (κ3) is 4.92. The quantitative estimate of drug-likeness (QED) is 0.624. The van der Waals surface area contributed by atoms with E-state index >= 15 is 0 Å². The molecule has 1 aromatic heterocycles. The van der Waals surface area contributed by atoms with Gasteiger partial charge < -0.3 is 10.1 Å². The molecule has 0 fully saturated rings. The van der Waals surface area contributed by atoms with Gasteiger partial charge in [0.1, 0.15) is 11.6 Å². The zero-order valence-corrected chi connectivity index (χ0v) is 15.5. The number of carbonyl (C=O) groups is 1. The molecule has 0 saturated heterocycles. The number of benzene rings is 2. The standard InChI is InChI=1S/C20H17F4N3O2/c1-12(18-11-25-27(13(18)2)16-7-5-15(21)6-8-16)26-19(28)14-3-9-17(10-4-14)29-20(22,23)24/h3-12H,1-2H3,(H,26,28). The van der Waals surface area contributed by atoms with E-state index in [1.807, 2.05) is 6.92 Å². The van der Waals surface area contributed by atoms with Gasteiger partial charge in [0.2, 0.25) is 0 Å². The zero-order valence-electron chi connectivity index (χ0n) is 15.5. The number of carbonyl (C=O) groups excluding carboxylic acids is 1. The van der Waals surface area contributed by atoms with E-state index < -0.39 is 24.1 Å². The van der Waals surface area contributed by atoms with Crippen LogP contribution in [0.25, 0.3) is 5.69 Å². The van der Waals surface area contributed by atoms with Gasteiger partial charge in [-0.05, 0) is 62.4 Å². The van der Waals surface area contributed by atoms with Crippen molar-refractivity contribution in [1.29, 1.82) is 0 Å². The first-order valence-electron chi connectivity index (χ1n) is 8.61. The summed E-state index contributed by atoms with van der Waals surface area (Å²) in [6, 6.07) is 10.1. The molecule has 1 N–H and O–H groups in total. The molecule has 0 saturated carbocycles. The maximum atomic E-state index is 13.1. The van der Waals surface area contributed by atoms with Crippen LogP contribution in [0.3, 0.4) is 0 Å². The summed E-state index contributed by atoms with van der Waals surface area (Å²) in [6.45, 7) is 3.58. The second-order valence-corrected chi connectivity index (χ2v) is 6.34. The highest BCUT2D eigenvalue weighted by Gasteiger charge is 2.31. The van der Waals surface area contributed by atoms with Gasteiger partial charge in [-0.3, -0.25) is 4.79 Å². The average molecular weight is 407 g/mol. The molecule has 9 heteroatoms. The van der Waals surface area contributed by atoms with Crippen LogP contribution in [0, 0.1) is 12.7 Å². The molecule has 3 rings (SSSR count). The molecule has 1 amide bonds. The van der Waals surface area contributed by atoms with Crippen LogP contribution < -0.4 is 10.1 Å². The lowest BCUT2D eigenvalue weighted by molar-refractivity contribution is -0.274. The maximum absolute atomic E-state index is 13.1. The molecule has 152 valence electrons. The van der Waals surface area contributed by atoms with E-state index in [1.165, 1.54) is 24.3 Å². The van der Waals surface area contributed by atoms with Crippen LogP contribution >= 0.6 is 0 Å². The monoisotopic (exact) mass is 407 g/mol. The van der Waals surface area contributed by atoms with Crippen LogP contribution in [0.4, 0.5) is 17.6 Å². The van der Waals surface area contributed by atoms with Gasteiger partial charge in [0.25, 0.3) is 5.91 Å². The maximum Gasteiger partial charge on any atom is 0.573 e. The Balaban J connectivity index is 1.71. The van der Waals surface area contributed by atoms with Crippen LogP contribution in [0.5, 0.6) is 5.75 Å². The number of ether oxygens (including phenoxy) is 1. The van der Waals surface area contributed by atoms with Crippen LogP contribution in [0.1, 0.15) is 34.6 Å². The fourth-order valence-electron chi connectivity index (χ4n) is 2.86.